The normalized spacial score (nSPS) is 13.6. The monoisotopic (exact) mass is 318 g/mol. The Morgan fingerprint density at radius 1 is 1.14 bits per heavy atom. The van der Waals surface area contributed by atoms with E-state index in [0.29, 0.717) is 11.8 Å². The first-order valence-corrected chi connectivity index (χ1v) is 8.52. The molecule has 0 aromatic carbocycles. The van der Waals surface area contributed by atoms with Crippen molar-refractivity contribution in [2.75, 3.05) is 0 Å². The van der Waals surface area contributed by atoms with Crippen LogP contribution in [0.5, 0.6) is 0 Å². The van der Waals surface area contributed by atoms with Crippen LogP contribution in [-0.2, 0) is 6.42 Å². The van der Waals surface area contributed by atoms with Crippen molar-refractivity contribution in [3.8, 4) is 0 Å². The zero-order valence-electron chi connectivity index (χ0n) is 13.7. The van der Waals surface area contributed by atoms with Gasteiger partial charge in [-0.2, -0.15) is 9.61 Å². The van der Waals surface area contributed by atoms with Crippen LogP contribution in [0.2, 0.25) is 0 Å². The van der Waals surface area contributed by atoms with Crippen LogP contribution in [0.25, 0.3) is 4.96 Å². The van der Waals surface area contributed by atoms with Crippen LogP contribution < -0.4 is 0 Å². The third-order valence-electron chi connectivity index (χ3n) is 3.65. The minimum absolute atomic E-state index is 0.151. The maximum absolute atomic E-state index is 4.74. The lowest BCUT2D eigenvalue weighted by molar-refractivity contribution is 0.562. The lowest BCUT2D eigenvalue weighted by atomic mass is 10.1. The molecule has 0 saturated carbocycles. The summed E-state index contributed by atoms with van der Waals surface area (Å²) >= 11 is 1.60. The van der Waals surface area contributed by atoms with Crippen LogP contribution in [0, 0.1) is 5.92 Å². The molecule has 0 bridgehead atoms. The molecule has 0 aliphatic heterocycles. The second-order valence-corrected chi connectivity index (χ2v) is 7.36. The van der Waals surface area contributed by atoms with Crippen LogP contribution in [0.3, 0.4) is 0 Å². The van der Waals surface area contributed by atoms with Gasteiger partial charge in [0.15, 0.2) is 5.82 Å². The molecule has 3 rings (SSSR count). The second kappa shape index (κ2) is 5.79. The van der Waals surface area contributed by atoms with Gasteiger partial charge in [-0.05, 0) is 12.8 Å². The Labute approximate surface area is 134 Å². The van der Waals surface area contributed by atoms with Gasteiger partial charge in [0.2, 0.25) is 4.96 Å². The van der Waals surface area contributed by atoms with E-state index in [-0.39, 0.29) is 6.04 Å². The third-order valence-corrected chi connectivity index (χ3v) is 4.72. The average molecular weight is 318 g/mol. The molecular weight excluding hydrogens is 296 g/mol. The molecule has 118 valence electrons. The van der Waals surface area contributed by atoms with Gasteiger partial charge in [-0.15, -0.1) is 10.2 Å². The summed E-state index contributed by atoms with van der Waals surface area (Å²) in [6, 6.07) is 0.151. The highest BCUT2D eigenvalue weighted by atomic mass is 32.1. The highest BCUT2D eigenvalue weighted by Crippen LogP contribution is 2.27. The first-order valence-electron chi connectivity index (χ1n) is 7.71. The Morgan fingerprint density at radius 3 is 2.59 bits per heavy atom. The van der Waals surface area contributed by atoms with Crippen LogP contribution in [0.1, 0.15) is 63.2 Å². The van der Waals surface area contributed by atoms with Gasteiger partial charge in [0.25, 0.3) is 0 Å². The van der Waals surface area contributed by atoms with Crippen molar-refractivity contribution in [1.29, 1.82) is 0 Å². The van der Waals surface area contributed by atoms with Gasteiger partial charge in [0, 0.05) is 24.7 Å². The van der Waals surface area contributed by atoms with Gasteiger partial charge >= 0.3 is 0 Å². The molecule has 3 aromatic rings. The number of hydrogen-bond donors (Lipinski definition) is 0. The van der Waals surface area contributed by atoms with E-state index in [1.807, 2.05) is 16.9 Å². The molecule has 0 saturated heterocycles. The minimum Gasteiger partial charge on any atom is -0.325 e. The maximum atomic E-state index is 4.74. The summed E-state index contributed by atoms with van der Waals surface area (Å²) in [6.07, 6.45) is 4.77. The van der Waals surface area contributed by atoms with Crippen molar-refractivity contribution >= 4 is 16.3 Å². The lowest BCUT2D eigenvalue weighted by Gasteiger charge is -2.15. The van der Waals surface area contributed by atoms with E-state index in [9.17, 15) is 0 Å². The van der Waals surface area contributed by atoms with E-state index in [2.05, 4.69) is 54.4 Å². The Bertz CT molecular complexity index is 766. The minimum atomic E-state index is 0.151. The van der Waals surface area contributed by atoms with E-state index >= 15 is 0 Å². The molecule has 1 atom stereocenters. The van der Waals surface area contributed by atoms with Crippen LogP contribution in [0.15, 0.2) is 12.4 Å². The van der Waals surface area contributed by atoms with Gasteiger partial charge in [-0.1, -0.05) is 39.0 Å². The highest BCUT2D eigenvalue weighted by Gasteiger charge is 2.20. The topological polar surface area (TPSA) is 60.9 Å². The van der Waals surface area contributed by atoms with Crippen LogP contribution in [-0.4, -0.2) is 29.4 Å². The molecule has 0 fully saturated rings. The number of rotatable bonds is 5. The summed E-state index contributed by atoms with van der Waals surface area (Å²) in [4.78, 5) is 5.33. The molecule has 0 spiro atoms. The van der Waals surface area contributed by atoms with Crippen LogP contribution in [0.4, 0.5) is 0 Å². The second-order valence-electron chi connectivity index (χ2n) is 6.37. The fourth-order valence-corrected chi connectivity index (χ4v) is 3.46. The molecule has 0 radical (unpaired) electrons. The fourth-order valence-electron chi connectivity index (χ4n) is 2.55. The summed E-state index contributed by atoms with van der Waals surface area (Å²) in [5, 5.41) is 14.3. The zero-order valence-corrected chi connectivity index (χ0v) is 14.5. The van der Waals surface area contributed by atoms with Crippen molar-refractivity contribution in [3.05, 3.63) is 29.1 Å². The summed E-state index contributed by atoms with van der Waals surface area (Å²) in [5.74, 6) is 2.95. The predicted molar refractivity (Wildman–Crippen MR) is 87.3 cm³/mol. The van der Waals surface area contributed by atoms with Gasteiger partial charge < -0.3 is 4.57 Å². The molecule has 3 heterocycles. The Kier molecular flexibility index (Phi) is 3.99. The quantitative estimate of drug-likeness (QED) is 0.724. The molecule has 7 heteroatoms. The predicted octanol–water partition coefficient (Wildman–Crippen LogP) is 3.31. The molecule has 0 N–H and O–H groups in total. The van der Waals surface area contributed by atoms with E-state index in [1.165, 1.54) is 0 Å². The smallest absolute Gasteiger partial charge is 0.234 e. The number of fused-ring (bicyclic) bond motifs is 1. The third kappa shape index (κ3) is 2.65. The van der Waals surface area contributed by atoms with Crippen molar-refractivity contribution < 1.29 is 0 Å². The number of hydrogen-bond acceptors (Lipinski definition) is 5. The molecule has 0 unspecified atom stereocenters. The maximum Gasteiger partial charge on any atom is 0.234 e. The zero-order chi connectivity index (χ0) is 15.9. The molecule has 22 heavy (non-hydrogen) atoms. The highest BCUT2D eigenvalue weighted by molar-refractivity contribution is 7.16. The summed E-state index contributed by atoms with van der Waals surface area (Å²) in [5.41, 5.74) is 0. The van der Waals surface area contributed by atoms with Gasteiger partial charge in [-0.3, -0.25) is 0 Å². The van der Waals surface area contributed by atoms with Gasteiger partial charge in [-0.25, -0.2) is 4.98 Å². The van der Waals surface area contributed by atoms with E-state index in [0.717, 1.165) is 28.0 Å². The van der Waals surface area contributed by atoms with E-state index in [4.69, 9.17) is 5.10 Å². The first-order chi connectivity index (χ1) is 10.5. The fraction of sp³-hybridized carbons (Fsp3) is 0.600. The first kappa shape index (κ1) is 15.1. The largest absolute Gasteiger partial charge is 0.325 e. The number of aromatic nitrogens is 6. The van der Waals surface area contributed by atoms with E-state index < -0.39 is 0 Å². The Hall–Kier alpha value is -1.76. The van der Waals surface area contributed by atoms with Crippen molar-refractivity contribution in [3.63, 3.8) is 0 Å². The SMILES string of the molecule is CC(C)Cc1nnc2sc([C@H](C)n3ccnc3C(C)C)nn12. The van der Waals surface area contributed by atoms with E-state index in [1.54, 1.807) is 11.3 Å². The molecule has 0 aliphatic rings. The summed E-state index contributed by atoms with van der Waals surface area (Å²) in [6.45, 7) is 10.8. The summed E-state index contributed by atoms with van der Waals surface area (Å²) in [7, 11) is 0. The average Bonchev–Trinajstić information content (AvgIpc) is 3.13. The molecule has 3 aromatic heterocycles. The van der Waals surface area contributed by atoms with Gasteiger partial charge in [0.05, 0.1) is 6.04 Å². The van der Waals surface area contributed by atoms with Crippen molar-refractivity contribution in [2.45, 2.75) is 53.0 Å². The molecule has 6 nitrogen and oxygen atoms in total. The van der Waals surface area contributed by atoms with Crippen LogP contribution >= 0.6 is 11.3 Å². The molecule has 0 aliphatic carbocycles. The molecular formula is C15H22N6S. The molecule has 0 amide bonds. The number of nitrogens with zero attached hydrogens (tertiary/aromatic N) is 6. The lowest BCUT2D eigenvalue weighted by Crippen LogP contribution is -2.11. The Balaban J connectivity index is 1.96. The van der Waals surface area contributed by atoms with Crippen molar-refractivity contribution in [1.82, 2.24) is 29.4 Å². The van der Waals surface area contributed by atoms with Gasteiger partial charge in [0.1, 0.15) is 10.8 Å². The Morgan fingerprint density at radius 2 is 1.91 bits per heavy atom. The van der Waals surface area contributed by atoms with Crippen molar-refractivity contribution in [2.24, 2.45) is 5.92 Å². The standard InChI is InChI=1S/C15H22N6S/c1-9(2)8-12-17-18-15-21(12)19-14(22-15)11(5)20-7-6-16-13(20)10(3)4/h6-7,9-11H,8H2,1-5H3/t11-/m0/s1. The number of imidazole rings is 1. The summed E-state index contributed by atoms with van der Waals surface area (Å²) < 4.78 is 4.08.